The van der Waals surface area contributed by atoms with Gasteiger partial charge in [0, 0.05) is 16.0 Å². The van der Waals surface area contributed by atoms with E-state index >= 15 is 0 Å². The minimum Gasteiger partial charge on any atom is -0.338 e. The third-order valence-corrected chi connectivity index (χ3v) is 4.93. The zero-order valence-electron chi connectivity index (χ0n) is 12.8. The summed E-state index contributed by atoms with van der Waals surface area (Å²) in [5, 5.41) is 6.32. The first-order valence-electron chi connectivity index (χ1n) is 7.39. The second kappa shape index (κ2) is 6.95. The molecule has 2 heterocycles. The topological polar surface area (TPSA) is 67.6 Å². The molecule has 0 amide bonds. The molecular formula is C17H11ClN4OS2. The first kappa shape index (κ1) is 16.3. The lowest BCUT2D eigenvalue weighted by atomic mass is 10.2. The van der Waals surface area contributed by atoms with E-state index in [2.05, 4.69) is 20.1 Å². The second-order valence-electron chi connectivity index (χ2n) is 5.20. The number of aromatic amines is 1. The number of rotatable bonds is 4. The predicted molar refractivity (Wildman–Crippen MR) is 101 cm³/mol. The lowest BCUT2D eigenvalue weighted by Crippen LogP contribution is -1.90. The highest BCUT2D eigenvalue weighted by Gasteiger charge is 2.10. The van der Waals surface area contributed by atoms with E-state index in [9.17, 15) is 0 Å². The van der Waals surface area contributed by atoms with E-state index in [0.29, 0.717) is 27.1 Å². The highest BCUT2D eigenvalue weighted by atomic mass is 35.5. The quantitative estimate of drug-likeness (QED) is 0.292. The van der Waals surface area contributed by atoms with E-state index in [1.807, 2.05) is 36.4 Å². The van der Waals surface area contributed by atoms with Crippen LogP contribution >= 0.6 is 35.6 Å². The van der Waals surface area contributed by atoms with Crippen LogP contribution in [0.3, 0.4) is 0 Å². The van der Waals surface area contributed by atoms with Crippen LogP contribution in [0.4, 0.5) is 0 Å². The molecule has 25 heavy (non-hydrogen) atoms. The Morgan fingerprint density at radius 2 is 1.88 bits per heavy atom. The smallest absolute Gasteiger partial charge is 0.237 e. The third kappa shape index (κ3) is 3.58. The van der Waals surface area contributed by atoms with Gasteiger partial charge in [-0.1, -0.05) is 52.9 Å². The molecule has 0 unspecified atom stereocenters. The molecule has 124 valence electrons. The maximum Gasteiger partial charge on any atom is 0.237 e. The monoisotopic (exact) mass is 386 g/mol. The molecule has 0 aliphatic heterocycles. The summed E-state index contributed by atoms with van der Waals surface area (Å²) in [7, 11) is 0. The largest absolute Gasteiger partial charge is 0.338 e. The van der Waals surface area contributed by atoms with Crippen LogP contribution in [0.25, 0.3) is 22.3 Å². The molecule has 5 nitrogen and oxygen atoms in total. The van der Waals surface area contributed by atoms with Gasteiger partial charge in [0.15, 0.2) is 5.16 Å². The van der Waals surface area contributed by atoms with Crippen molar-refractivity contribution in [1.82, 2.24) is 20.1 Å². The van der Waals surface area contributed by atoms with E-state index in [1.165, 1.54) is 11.8 Å². The molecule has 2 aromatic heterocycles. The summed E-state index contributed by atoms with van der Waals surface area (Å²) in [4.78, 5) is 12.1. The maximum absolute atomic E-state index is 5.89. The standard InChI is InChI=1S/C17H11ClN4OS2/c18-11-7-5-10(6-8-11)15-20-14(23-22-15)9-25-17-19-13-4-2-1-3-12(13)16(24)21-17/h1-8H,9H2,(H,19,21,24). The van der Waals surface area contributed by atoms with Crippen LogP contribution in [0.5, 0.6) is 0 Å². The van der Waals surface area contributed by atoms with Crippen molar-refractivity contribution in [3.8, 4) is 11.4 Å². The lowest BCUT2D eigenvalue weighted by Gasteiger charge is -2.02. The molecule has 0 saturated carbocycles. The number of H-pyrrole nitrogens is 1. The summed E-state index contributed by atoms with van der Waals surface area (Å²) < 4.78 is 5.88. The fraction of sp³-hybridized carbons (Fsp3) is 0.0588. The first-order valence-corrected chi connectivity index (χ1v) is 9.16. The molecule has 0 spiro atoms. The van der Waals surface area contributed by atoms with E-state index in [0.717, 1.165) is 21.6 Å². The van der Waals surface area contributed by atoms with Gasteiger partial charge in [-0.25, -0.2) is 4.98 Å². The number of hydrogen-bond donors (Lipinski definition) is 1. The molecule has 0 atom stereocenters. The molecule has 4 rings (SSSR count). The summed E-state index contributed by atoms with van der Waals surface area (Å²) in [6, 6.07) is 15.1. The minimum atomic E-state index is 0.497. The minimum absolute atomic E-state index is 0.497. The van der Waals surface area contributed by atoms with Gasteiger partial charge in [0.05, 0.1) is 11.3 Å². The van der Waals surface area contributed by atoms with Gasteiger partial charge in [-0.15, -0.1) is 0 Å². The summed E-state index contributed by atoms with van der Waals surface area (Å²) >= 11 is 12.7. The number of aromatic nitrogens is 4. The Kier molecular flexibility index (Phi) is 4.52. The van der Waals surface area contributed by atoms with Crippen molar-refractivity contribution in [1.29, 1.82) is 0 Å². The molecule has 1 N–H and O–H groups in total. The summed E-state index contributed by atoms with van der Waals surface area (Å²) in [5.74, 6) is 1.55. The molecular weight excluding hydrogens is 376 g/mol. The van der Waals surface area contributed by atoms with Crippen LogP contribution < -0.4 is 0 Å². The highest BCUT2D eigenvalue weighted by molar-refractivity contribution is 7.98. The first-order chi connectivity index (χ1) is 12.2. The Morgan fingerprint density at radius 1 is 1.08 bits per heavy atom. The number of nitrogens with zero attached hydrogens (tertiary/aromatic N) is 3. The van der Waals surface area contributed by atoms with Crippen molar-refractivity contribution in [3.05, 3.63) is 64.1 Å². The number of thioether (sulfide) groups is 1. The van der Waals surface area contributed by atoms with Crippen molar-refractivity contribution in [2.75, 3.05) is 0 Å². The fourth-order valence-corrected chi connectivity index (χ4v) is 3.47. The fourth-order valence-electron chi connectivity index (χ4n) is 2.30. The SMILES string of the molecule is S=c1nc(SCc2nc(-c3ccc(Cl)cc3)no2)[nH]c2ccccc12. The van der Waals surface area contributed by atoms with E-state index < -0.39 is 0 Å². The summed E-state index contributed by atoms with van der Waals surface area (Å²) in [5.41, 5.74) is 1.81. The van der Waals surface area contributed by atoms with Crippen molar-refractivity contribution in [2.45, 2.75) is 10.9 Å². The Bertz CT molecular complexity index is 1090. The van der Waals surface area contributed by atoms with Crippen molar-refractivity contribution < 1.29 is 4.52 Å². The normalized spacial score (nSPS) is 11.1. The van der Waals surface area contributed by atoms with Crippen LogP contribution in [0.2, 0.25) is 5.02 Å². The average Bonchev–Trinajstić information content (AvgIpc) is 3.10. The van der Waals surface area contributed by atoms with Crippen molar-refractivity contribution in [2.24, 2.45) is 0 Å². The number of benzene rings is 2. The van der Waals surface area contributed by atoms with Gasteiger partial charge in [-0.2, -0.15) is 4.98 Å². The van der Waals surface area contributed by atoms with E-state index in [4.69, 9.17) is 28.3 Å². The van der Waals surface area contributed by atoms with Crippen LogP contribution in [0, 0.1) is 4.64 Å². The molecule has 0 aliphatic carbocycles. The van der Waals surface area contributed by atoms with Crippen LogP contribution in [-0.2, 0) is 5.75 Å². The van der Waals surface area contributed by atoms with Crippen LogP contribution in [0.1, 0.15) is 5.89 Å². The Labute approximate surface area is 157 Å². The Morgan fingerprint density at radius 3 is 2.72 bits per heavy atom. The highest BCUT2D eigenvalue weighted by Crippen LogP contribution is 2.24. The predicted octanol–water partition coefficient (Wildman–Crippen LogP) is 5.29. The van der Waals surface area contributed by atoms with Crippen LogP contribution in [-0.4, -0.2) is 20.1 Å². The van der Waals surface area contributed by atoms with Gasteiger partial charge in [0.2, 0.25) is 11.7 Å². The van der Waals surface area contributed by atoms with Gasteiger partial charge in [0.1, 0.15) is 4.64 Å². The molecule has 0 radical (unpaired) electrons. The number of para-hydroxylation sites is 1. The lowest BCUT2D eigenvalue weighted by molar-refractivity contribution is 0.391. The number of hydrogen-bond acceptors (Lipinski definition) is 6. The second-order valence-corrected chi connectivity index (χ2v) is 6.99. The zero-order chi connectivity index (χ0) is 17.2. The van der Waals surface area contributed by atoms with Gasteiger partial charge in [0.25, 0.3) is 0 Å². The van der Waals surface area contributed by atoms with Crippen molar-refractivity contribution in [3.63, 3.8) is 0 Å². The van der Waals surface area contributed by atoms with E-state index in [1.54, 1.807) is 12.1 Å². The van der Waals surface area contributed by atoms with Crippen molar-refractivity contribution >= 4 is 46.5 Å². The Hall–Kier alpha value is -2.22. The average molecular weight is 387 g/mol. The molecule has 0 saturated heterocycles. The van der Waals surface area contributed by atoms with Crippen LogP contribution in [0.15, 0.2) is 58.2 Å². The van der Waals surface area contributed by atoms with Gasteiger partial charge in [-0.3, -0.25) is 0 Å². The molecule has 0 fully saturated rings. The molecule has 0 bridgehead atoms. The van der Waals surface area contributed by atoms with Gasteiger partial charge in [-0.05, 0) is 36.4 Å². The maximum atomic E-state index is 5.89. The molecule has 4 aromatic rings. The van der Waals surface area contributed by atoms with Gasteiger partial charge < -0.3 is 9.51 Å². The third-order valence-electron chi connectivity index (χ3n) is 3.51. The number of nitrogens with one attached hydrogen (secondary N) is 1. The molecule has 2 aromatic carbocycles. The Balaban J connectivity index is 1.52. The summed E-state index contributed by atoms with van der Waals surface area (Å²) in [6.45, 7) is 0. The van der Waals surface area contributed by atoms with Gasteiger partial charge >= 0.3 is 0 Å². The zero-order valence-corrected chi connectivity index (χ0v) is 15.2. The number of halogens is 1. The summed E-state index contributed by atoms with van der Waals surface area (Å²) in [6.07, 6.45) is 0. The molecule has 0 aliphatic rings. The molecule has 8 heteroatoms. The number of fused-ring (bicyclic) bond motifs is 1. The van der Waals surface area contributed by atoms with E-state index in [-0.39, 0.29) is 0 Å².